The molecule has 1 aliphatic rings. The first-order chi connectivity index (χ1) is 12.7. The zero-order valence-corrected chi connectivity index (χ0v) is 15.5. The Morgan fingerprint density at radius 2 is 2.12 bits per heavy atom. The van der Waals surface area contributed by atoms with Gasteiger partial charge in [-0.15, -0.1) is 0 Å². The van der Waals surface area contributed by atoms with Crippen molar-refractivity contribution in [1.82, 2.24) is 4.90 Å². The summed E-state index contributed by atoms with van der Waals surface area (Å²) in [6.45, 7) is 6.65. The van der Waals surface area contributed by atoms with E-state index >= 15 is 0 Å². The van der Waals surface area contributed by atoms with E-state index in [1.54, 1.807) is 6.26 Å². The Morgan fingerprint density at radius 3 is 2.88 bits per heavy atom. The highest BCUT2D eigenvalue weighted by atomic mass is 16.3. The molecule has 1 saturated heterocycles. The fraction of sp³-hybridized carbons (Fsp3) is 0.348. The molecule has 0 spiro atoms. The van der Waals surface area contributed by atoms with E-state index in [1.165, 1.54) is 36.1 Å². The van der Waals surface area contributed by atoms with Gasteiger partial charge in [0.05, 0.1) is 17.9 Å². The molecule has 1 aromatic heterocycles. The van der Waals surface area contributed by atoms with E-state index < -0.39 is 0 Å². The predicted octanol–water partition coefficient (Wildman–Crippen LogP) is 5.31. The molecule has 0 radical (unpaired) electrons. The smallest absolute Gasteiger partial charge is 0.133 e. The van der Waals surface area contributed by atoms with Gasteiger partial charge in [-0.3, -0.25) is 0 Å². The first kappa shape index (κ1) is 16.9. The molecule has 0 aliphatic carbocycles. The van der Waals surface area contributed by atoms with Crippen LogP contribution in [0.5, 0.6) is 0 Å². The van der Waals surface area contributed by atoms with Crippen molar-refractivity contribution in [3.63, 3.8) is 0 Å². The van der Waals surface area contributed by atoms with Crippen molar-refractivity contribution < 1.29 is 4.42 Å². The lowest BCUT2D eigenvalue weighted by Gasteiger charge is -2.22. The quantitative estimate of drug-likeness (QED) is 0.644. The molecule has 4 rings (SSSR count). The van der Waals surface area contributed by atoms with Crippen molar-refractivity contribution >= 4 is 11.0 Å². The van der Waals surface area contributed by atoms with Crippen molar-refractivity contribution in [3.8, 4) is 17.2 Å². The molecule has 3 nitrogen and oxygen atoms in total. The zero-order valence-electron chi connectivity index (χ0n) is 15.5. The molecule has 0 N–H and O–H groups in total. The highest BCUT2D eigenvalue weighted by Crippen LogP contribution is 2.32. The highest BCUT2D eigenvalue weighted by Gasteiger charge is 2.21. The molecule has 2 aromatic carbocycles. The van der Waals surface area contributed by atoms with Gasteiger partial charge in [-0.25, -0.2) is 0 Å². The van der Waals surface area contributed by atoms with Crippen LogP contribution in [0.15, 0.2) is 47.1 Å². The van der Waals surface area contributed by atoms with E-state index in [0.29, 0.717) is 6.04 Å². The van der Waals surface area contributed by atoms with Gasteiger partial charge in [0, 0.05) is 18.0 Å². The van der Waals surface area contributed by atoms with Crippen molar-refractivity contribution in [2.75, 3.05) is 13.1 Å². The molecule has 1 fully saturated rings. The monoisotopic (exact) mass is 344 g/mol. The summed E-state index contributed by atoms with van der Waals surface area (Å²) in [6, 6.07) is 15.4. The van der Waals surface area contributed by atoms with Gasteiger partial charge in [0.2, 0.25) is 0 Å². The van der Waals surface area contributed by atoms with E-state index in [9.17, 15) is 5.26 Å². The van der Waals surface area contributed by atoms with E-state index in [1.807, 2.05) is 18.2 Å². The maximum Gasteiger partial charge on any atom is 0.133 e. The van der Waals surface area contributed by atoms with Crippen molar-refractivity contribution in [2.45, 2.75) is 39.2 Å². The average Bonchev–Trinajstić information content (AvgIpc) is 3.28. The number of nitriles is 1. The summed E-state index contributed by atoms with van der Waals surface area (Å²) in [5, 5.41) is 10.6. The van der Waals surface area contributed by atoms with Crippen LogP contribution in [-0.2, 0) is 6.42 Å². The van der Waals surface area contributed by atoms with Crippen molar-refractivity contribution in [1.29, 1.82) is 5.26 Å². The fourth-order valence-electron chi connectivity index (χ4n) is 4.19. The molecule has 0 saturated carbocycles. The van der Waals surface area contributed by atoms with Crippen LogP contribution in [0.2, 0.25) is 0 Å². The molecule has 0 amide bonds. The number of hydrogen-bond donors (Lipinski definition) is 0. The fourth-order valence-corrected chi connectivity index (χ4v) is 4.19. The number of nitrogens with zero attached hydrogens (tertiary/aromatic N) is 2. The largest absolute Gasteiger partial charge is 0.464 e. The van der Waals surface area contributed by atoms with Crippen molar-refractivity contribution in [2.24, 2.45) is 0 Å². The van der Waals surface area contributed by atoms with E-state index in [2.05, 4.69) is 43.0 Å². The molecule has 0 unspecified atom stereocenters. The number of hydrogen-bond acceptors (Lipinski definition) is 3. The van der Waals surface area contributed by atoms with Crippen molar-refractivity contribution in [3.05, 3.63) is 59.4 Å². The molecule has 1 aliphatic heterocycles. The SMILES string of the molecule is Cc1c(C#N)ccc(-c2ccc3occc3c2)c1CCN1CCC[C@H]1C. The first-order valence-corrected chi connectivity index (χ1v) is 9.41. The molecule has 2 heterocycles. The lowest BCUT2D eigenvalue weighted by atomic mass is 9.90. The third-order valence-corrected chi connectivity index (χ3v) is 5.82. The van der Waals surface area contributed by atoms with E-state index in [-0.39, 0.29) is 0 Å². The number of fused-ring (bicyclic) bond motifs is 1. The van der Waals surface area contributed by atoms with Gasteiger partial charge in [0.25, 0.3) is 0 Å². The summed E-state index contributed by atoms with van der Waals surface area (Å²) in [4.78, 5) is 2.57. The van der Waals surface area contributed by atoms with Crippen LogP contribution in [-0.4, -0.2) is 24.0 Å². The molecule has 3 heteroatoms. The highest BCUT2D eigenvalue weighted by molar-refractivity contribution is 5.84. The first-order valence-electron chi connectivity index (χ1n) is 9.41. The van der Waals surface area contributed by atoms with Crippen LogP contribution in [0, 0.1) is 18.3 Å². The van der Waals surface area contributed by atoms with Crippen LogP contribution >= 0.6 is 0 Å². The maximum atomic E-state index is 9.47. The number of likely N-dealkylation sites (tertiary alicyclic amines) is 1. The molecule has 132 valence electrons. The van der Waals surface area contributed by atoms with Gasteiger partial charge in [-0.1, -0.05) is 12.1 Å². The Bertz CT molecular complexity index is 980. The second-order valence-electron chi connectivity index (χ2n) is 7.33. The van der Waals surface area contributed by atoms with Crippen LogP contribution in [0.3, 0.4) is 0 Å². The Labute approximate surface area is 154 Å². The molecule has 26 heavy (non-hydrogen) atoms. The standard InChI is InChI=1S/C23H24N2O/c1-16-4-3-11-25(16)12-9-21-17(2)20(15-24)5-7-22(21)18-6-8-23-19(14-18)10-13-26-23/h5-8,10,13-14,16H,3-4,9,11-12H2,1-2H3/t16-/m1/s1. The summed E-state index contributed by atoms with van der Waals surface area (Å²) in [6.07, 6.45) is 5.29. The van der Waals surface area contributed by atoms with Crippen LogP contribution in [0.4, 0.5) is 0 Å². The average molecular weight is 344 g/mol. The third kappa shape index (κ3) is 3.02. The summed E-state index contributed by atoms with van der Waals surface area (Å²) < 4.78 is 5.48. The number of benzene rings is 2. The number of furan rings is 1. The summed E-state index contributed by atoms with van der Waals surface area (Å²) in [7, 11) is 0. The normalized spacial score (nSPS) is 17.7. The summed E-state index contributed by atoms with van der Waals surface area (Å²) in [5.41, 5.74) is 6.52. The Hall–Kier alpha value is -2.57. The van der Waals surface area contributed by atoms with E-state index in [4.69, 9.17) is 4.42 Å². The second kappa shape index (κ2) is 6.97. The minimum absolute atomic E-state index is 0.667. The van der Waals surface area contributed by atoms with Gasteiger partial charge in [-0.05, 0) is 86.2 Å². The van der Waals surface area contributed by atoms with E-state index in [0.717, 1.165) is 35.1 Å². The van der Waals surface area contributed by atoms with Gasteiger partial charge in [-0.2, -0.15) is 5.26 Å². The minimum Gasteiger partial charge on any atom is -0.464 e. The predicted molar refractivity (Wildman–Crippen MR) is 105 cm³/mol. The Morgan fingerprint density at radius 1 is 1.23 bits per heavy atom. The Balaban J connectivity index is 1.73. The zero-order chi connectivity index (χ0) is 18.1. The summed E-state index contributed by atoms with van der Waals surface area (Å²) >= 11 is 0. The van der Waals surface area contributed by atoms with Gasteiger partial charge in [0.1, 0.15) is 5.58 Å². The van der Waals surface area contributed by atoms with Gasteiger partial charge in [0.15, 0.2) is 0 Å². The lowest BCUT2D eigenvalue weighted by Crippen LogP contribution is -2.29. The summed E-state index contributed by atoms with van der Waals surface area (Å²) in [5.74, 6) is 0. The molecular weight excluding hydrogens is 320 g/mol. The second-order valence-corrected chi connectivity index (χ2v) is 7.33. The van der Waals surface area contributed by atoms with Gasteiger partial charge < -0.3 is 9.32 Å². The van der Waals surface area contributed by atoms with Crippen LogP contribution in [0.25, 0.3) is 22.1 Å². The molecule has 1 atom stereocenters. The molecular formula is C23H24N2O. The molecule has 3 aromatic rings. The van der Waals surface area contributed by atoms with Crippen LogP contribution < -0.4 is 0 Å². The third-order valence-electron chi connectivity index (χ3n) is 5.82. The lowest BCUT2D eigenvalue weighted by molar-refractivity contribution is 0.272. The topological polar surface area (TPSA) is 40.2 Å². The molecule has 0 bridgehead atoms. The minimum atomic E-state index is 0.667. The maximum absolute atomic E-state index is 9.47. The van der Waals surface area contributed by atoms with Gasteiger partial charge >= 0.3 is 0 Å². The Kier molecular flexibility index (Phi) is 4.53. The van der Waals surface area contributed by atoms with Crippen LogP contribution in [0.1, 0.15) is 36.5 Å². The number of rotatable bonds is 4.